The SMILES string of the molecule is FC(F)Sc1ccc(-c2ccccc2CNC2CC2)cc1. The Morgan fingerprint density at radius 1 is 1.05 bits per heavy atom. The summed E-state index contributed by atoms with van der Waals surface area (Å²) in [5.74, 6) is -2.37. The summed E-state index contributed by atoms with van der Waals surface area (Å²) in [4.78, 5) is 0.599. The molecule has 0 unspecified atom stereocenters. The van der Waals surface area contributed by atoms with E-state index in [-0.39, 0.29) is 0 Å². The van der Waals surface area contributed by atoms with Crippen LogP contribution in [0.2, 0.25) is 0 Å². The van der Waals surface area contributed by atoms with Crippen molar-refractivity contribution in [1.29, 1.82) is 0 Å². The lowest BCUT2D eigenvalue weighted by Gasteiger charge is -2.11. The number of thioether (sulfide) groups is 1. The highest BCUT2D eigenvalue weighted by molar-refractivity contribution is 7.99. The highest BCUT2D eigenvalue weighted by atomic mass is 32.2. The molecule has 3 rings (SSSR count). The molecule has 1 fully saturated rings. The van der Waals surface area contributed by atoms with Crippen molar-refractivity contribution >= 4 is 11.8 Å². The first kappa shape index (κ1) is 14.5. The molecule has 0 amide bonds. The van der Waals surface area contributed by atoms with Crippen LogP contribution in [-0.2, 0) is 6.54 Å². The predicted molar refractivity (Wildman–Crippen MR) is 83.6 cm³/mol. The van der Waals surface area contributed by atoms with Crippen molar-refractivity contribution in [3.05, 3.63) is 54.1 Å². The van der Waals surface area contributed by atoms with Crippen LogP contribution in [0.25, 0.3) is 11.1 Å². The Morgan fingerprint density at radius 3 is 2.43 bits per heavy atom. The number of benzene rings is 2. The standard InChI is InChI=1S/C17H17F2NS/c18-17(19)21-15-9-5-12(6-10-15)16-4-2-1-3-13(16)11-20-14-7-8-14/h1-6,9-10,14,17,20H,7-8,11H2. The maximum absolute atomic E-state index is 12.3. The Kier molecular flexibility index (Phi) is 4.56. The Hall–Kier alpha value is -1.39. The smallest absolute Gasteiger partial charge is 0.288 e. The van der Waals surface area contributed by atoms with Crippen molar-refractivity contribution in [3.63, 3.8) is 0 Å². The fraction of sp³-hybridized carbons (Fsp3) is 0.294. The second-order valence-electron chi connectivity index (χ2n) is 5.22. The van der Waals surface area contributed by atoms with Gasteiger partial charge in [-0.15, -0.1) is 0 Å². The third-order valence-electron chi connectivity index (χ3n) is 3.57. The van der Waals surface area contributed by atoms with E-state index < -0.39 is 5.76 Å². The fourth-order valence-corrected chi connectivity index (χ4v) is 2.81. The second-order valence-corrected chi connectivity index (χ2v) is 6.28. The molecular weight excluding hydrogens is 288 g/mol. The van der Waals surface area contributed by atoms with Crippen LogP contribution in [0.4, 0.5) is 8.78 Å². The first-order valence-corrected chi connectivity index (χ1v) is 7.97. The molecule has 2 aromatic rings. The van der Waals surface area contributed by atoms with Gasteiger partial charge < -0.3 is 5.32 Å². The van der Waals surface area contributed by atoms with E-state index in [9.17, 15) is 8.78 Å². The van der Waals surface area contributed by atoms with Crippen LogP contribution in [0.5, 0.6) is 0 Å². The highest BCUT2D eigenvalue weighted by Gasteiger charge is 2.20. The maximum atomic E-state index is 12.3. The maximum Gasteiger partial charge on any atom is 0.288 e. The topological polar surface area (TPSA) is 12.0 Å². The summed E-state index contributed by atoms with van der Waals surface area (Å²) in [6.45, 7) is 0.856. The number of halogens is 2. The van der Waals surface area contributed by atoms with Gasteiger partial charge in [-0.2, -0.15) is 8.78 Å². The first-order chi connectivity index (χ1) is 10.2. The van der Waals surface area contributed by atoms with Crippen LogP contribution in [0, 0.1) is 0 Å². The number of hydrogen-bond acceptors (Lipinski definition) is 2. The Balaban J connectivity index is 1.78. The molecule has 0 radical (unpaired) electrons. The Morgan fingerprint density at radius 2 is 1.76 bits per heavy atom. The lowest BCUT2D eigenvalue weighted by atomic mass is 10.00. The number of rotatable bonds is 6. The minimum atomic E-state index is -2.37. The van der Waals surface area contributed by atoms with E-state index in [1.54, 1.807) is 12.1 Å². The van der Waals surface area contributed by atoms with Crippen LogP contribution in [0.1, 0.15) is 18.4 Å². The van der Waals surface area contributed by atoms with Crippen LogP contribution < -0.4 is 5.32 Å². The fourth-order valence-electron chi connectivity index (χ4n) is 2.31. The summed E-state index contributed by atoms with van der Waals surface area (Å²) >= 11 is 0.583. The summed E-state index contributed by atoms with van der Waals surface area (Å²) in [5, 5.41) is 3.52. The lowest BCUT2D eigenvalue weighted by Crippen LogP contribution is -2.15. The van der Waals surface area contributed by atoms with Gasteiger partial charge in [0.2, 0.25) is 0 Å². The van der Waals surface area contributed by atoms with E-state index in [4.69, 9.17) is 0 Å². The van der Waals surface area contributed by atoms with Gasteiger partial charge in [0.1, 0.15) is 0 Å². The summed E-state index contributed by atoms with van der Waals surface area (Å²) in [7, 11) is 0. The summed E-state index contributed by atoms with van der Waals surface area (Å²) in [6.07, 6.45) is 2.53. The molecule has 0 aliphatic heterocycles. The van der Waals surface area contributed by atoms with Gasteiger partial charge >= 0.3 is 0 Å². The molecule has 0 bridgehead atoms. The second kappa shape index (κ2) is 6.58. The zero-order valence-corrected chi connectivity index (χ0v) is 12.4. The molecule has 1 aliphatic rings. The molecule has 2 aromatic carbocycles. The van der Waals surface area contributed by atoms with Gasteiger partial charge in [-0.3, -0.25) is 0 Å². The number of hydrogen-bond donors (Lipinski definition) is 1. The predicted octanol–water partition coefficient (Wildman–Crippen LogP) is 4.92. The van der Waals surface area contributed by atoms with Crippen molar-refractivity contribution in [2.45, 2.75) is 36.1 Å². The van der Waals surface area contributed by atoms with Gasteiger partial charge in [0.05, 0.1) is 0 Å². The number of alkyl halides is 2. The zero-order chi connectivity index (χ0) is 14.7. The van der Waals surface area contributed by atoms with Gasteiger partial charge in [0.15, 0.2) is 0 Å². The van der Waals surface area contributed by atoms with Gasteiger partial charge in [-0.1, -0.05) is 48.2 Å². The Labute approximate surface area is 127 Å². The van der Waals surface area contributed by atoms with E-state index in [2.05, 4.69) is 17.4 Å². The normalized spacial score (nSPS) is 14.6. The largest absolute Gasteiger partial charge is 0.310 e. The van der Waals surface area contributed by atoms with E-state index in [1.807, 2.05) is 24.3 Å². The minimum absolute atomic E-state index is 0.583. The van der Waals surface area contributed by atoms with Crippen molar-refractivity contribution in [1.82, 2.24) is 5.32 Å². The van der Waals surface area contributed by atoms with Crippen LogP contribution in [0.15, 0.2) is 53.4 Å². The quantitative estimate of drug-likeness (QED) is 0.760. The van der Waals surface area contributed by atoms with E-state index in [1.165, 1.54) is 24.0 Å². The van der Waals surface area contributed by atoms with Crippen molar-refractivity contribution in [2.24, 2.45) is 0 Å². The molecule has 4 heteroatoms. The molecule has 0 spiro atoms. The van der Waals surface area contributed by atoms with E-state index in [0.717, 1.165) is 12.1 Å². The van der Waals surface area contributed by atoms with Gasteiger partial charge in [0, 0.05) is 17.5 Å². The average Bonchev–Trinajstić information content (AvgIpc) is 3.30. The summed E-state index contributed by atoms with van der Waals surface area (Å²) in [5.41, 5.74) is 3.49. The first-order valence-electron chi connectivity index (χ1n) is 7.09. The lowest BCUT2D eigenvalue weighted by molar-refractivity contribution is 0.252. The van der Waals surface area contributed by atoms with E-state index >= 15 is 0 Å². The molecule has 1 nitrogen and oxygen atoms in total. The van der Waals surface area contributed by atoms with E-state index in [0.29, 0.717) is 22.7 Å². The number of nitrogens with one attached hydrogen (secondary N) is 1. The third-order valence-corrected chi connectivity index (χ3v) is 4.29. The average molecular weight is 305 g/mol. The van der Waals surface area contributed by atoms with Crippen LogP contribution >= 0.6 is 11.8 Å². The van der Waals surface area contributed by atoms with Crippen molar-refractivity contribution in [2.75, 3.05) is 0 Å². The highest BCUT2D eigenvalue weighted by Crippen LogP contribution is 2.30. The third kappa shape index (κ3) is 4.05. The zero-order valence-electron chi connectivity index (χ0n) is 11.6. The molecule has 0 aromatic heterocycles. The van der Waals surface area contributed by atoms with Gasteiger partial charge in [0.25, 0.3) is 5.76 Å². The van der Waals surface area contributed by atoms with Crippen molar-refractivity contribution < 1.29 is 8.78 Å². The summed E-state index contributed by atoms with van der Waals surface area (Å²) in [6, 6.07) is 16.3. The molecule has 0 saturated heterocycles. The molecule has 1 aliphatic carbocycles. The monoisotopic (exact) mass is 305 g/mol. The minimum Gasteiger partial charge on any atom is -0.310 e. The summed E-state index contributed by atoms with van der Waals surface area (Å²) < 4.78 is 24.7. The van der Waals surface area contributed by atoms with Crippen LogP contribution in [0.3, 0.4) is 0 Å². The van der Waals surface area contributed by atoms with Crippen molar-refractivity contribution in [3.8, 4) is 11.1 Å². The molecule has 0 heterocycles. The van der Waals surface area contributed by atoms with Crippen LogP contribution in [-0.4, -0.2) is 11.8 Å². The molecule has 110 valence electrons. The van der Waals surface area contributed by atoms with Gasteiger partial charge in [-0.25, -0.2) is 0 Å². The Bertz CT molecular complexity index is 594. The molecule has 0 atom stereocenters. The molecule has 1 N–H and O–H groups in total. The molecular formula is C17H17F2NS. The van der Waals surface area contributed by atoms with Gasteiger partial charge in [-0.05, 0) is 41.7 Å². The molecule has 1 saturated carbocycles. The molecule has 21 heavy (non-hydrogen) atoms.